The summed E-state index contributed by atoms with van der Waals surface area (Å²) in [6.45, 7) is 4.03. The van der Waals surface area contributed by atoms with E-state index in [0.29, 0.717) is 12.2 Å². The number of fused-ring (bicyclic) bond motifs is 2. The van der Waals surface area contributed by atoms with Crippen LogP contribution in [0.2, 0.25) is 0 Å². The molecule has 0 spiro atoms. The molecule has 0 unspecified atom stereocenters. The average Bonchev–Trinajstić information content (AvgIpc) is 2.75. The molecule has 2 aliphatic rings. The molecule has 1 aromatic rings. The highest BCUT2D eigenvalue weighted by Gasteiger charge is 2.26. The first-order valence-electron chi connectivity index (χ1n) is 5.51. The van der Waals surface area contributed by atoms with Gasteiger partial charge in [0.25, 0.3) is 0 Å². The fraction of sp³-hybridized carbons (Fsp3) is 0.417. The number of carbonyl (C=O) groups excluding carboxylic acids is 1. The molecular weight excluding hydrogens is 206 g/mol. The molecule has 0 saturated carbocycles. The number of ketones is 1. The van der Waals surface area contributed by atoms with Crippen molar-refractivity contribution in [2.24, 2.45) is 0 Å². The molecule has 1 aromatic carbocycles. The van der Waals surface area contributed by atoms with E-state index in [-0.39, 0.29) is 12.6 Å². The second-order valence-electron chi connectivity index (χ2n) is 3.98. The van der Waals surface area contributed by atoms with Crippen LogP contribution in [-0.2, 0) is 0 Å². The maximum absolute atomic E-state index is 11.8. The summed E-state index contributed by atoms with van der Waals surface area (Å²) in [6.07, 6.45) is 0.584. The van der Waals surface area contributed by atoms with Crippen LogP contribution in [0.25, 0.3) is 0 Å². The van der Waals surface area contributed by atoms with E-state index >= 15 is 0 Å². The molecule has 0 radical (unpaired) electrons. The zero-order chi connectivity index (χ0) is 11.1. The van der Waals surface area contributed by atoms with Crippen LogP contribution in [0.1, 0.15) is 23.7 Å². The lowest BCUT2D eigenvalue weighted by Crippen LogP contribution is -2.31. The molecule has 0 saturated heterocycles. The van der Waals surface area contributed by atoms with Crippen molar-refractivity contribution in [1.29, 1.82) is 0 Å². The lowest BCUT2D eigenvalue weighted by molar-refractivity contribution is 0.0979. The summed E-state index contributed by atoms with van der Waals surface area (Å²) in [6, 6.07) is 3.72. The topological polar surface area (TPSA) is 38.8 Å². The van der Waals surface area contributed by atoms with Crippen LogP contribution in [0, 0.1) is 0 Å². The second-order valence-corrected chi connectivity index (χ2v) is 3.98. The first kappa shape index (κ1) is 9.51. The molecule has 3 rings (SSSR count). The Hall–Kier alpha value is -1.71. The number of anilines is 1. The van der Waals surface area contributed by atoms with Crippen molar-refractivity contribution in [2.45, 2.75) is 13.3 Å². The minimum Gasteiger partial charge on any atom is -0.454 e. The first-order valence-corrected chi connectivity index (χ1v) is 5.51. The Kier molecular flexibility index (Phi) is 2.02. The molecule has 0 fully saturated rings. The zero-order valence-corrected chi connectivity index (χ0v) is 9.16. The molecule has 0 aliphatic carbocycles. The van der Waals surface area contributed by atoms with Crippen LogP contribution >= 0.6 is 0 Å². The number of benzene rings is 1. The number of hydrogen-bond donors (Lipinski definition) is 0. The maximum Gasteiger partial charge on any atom is 0.231 e. The smallest absolute Gasteiger partial charge is 0.231 e. The van der Waals surface area contributed by atoms with Gasteiger partial charge in [0.2, 0.25) is 6.79 Å². The van der Waals surface area contributed by atoms with Crippen molar-refractivity contribution in [3.63, 3.8) is 0 Å². The summed E-state index contributed by atoms with van der Waals surface area (Å²) in [7, 11) is 0. The van der Waals surface area contributed by atoms with Gasteiger partial charge in [-0.3, -0.25) is 4.79 Å². The van der Waals surface area contributed by atoms with E-state index in [4.69, 9.17) is 9.47 Å². The minimum atomic E-state index is 0.193. The third kappa shape index (κ3) is 1.26. The molecule has 0 atom stereocenters. The maximum atomic E-state index is 11.8. The predicted molar refractivity (Wildman–Crippen MR) is 59.4 cm³/mol. The lowest BCUT2D eigenvalue weighted by Gasteiger charge is -2.29. The summed E-state index contributed by atoms with van der Waals surface area (Å²) in [5, 5.41) is 0. The van der Waals surface area contributed by atoms with E-state index in [9.17, 15) is 4.79 Å². The molecule has 2 heterocycles. The largest absolute Gasteiger partial charge is 0.454 e. The third-order valence-electron chi connectivity index (χ3n) is 3.12. The number of carbonyl (C=O) groups is 1. The minimum absolute atomic E-state index is 0.193. The van der Waals surface area contributed by atoms with Crippen LogP contribution in [0.3, 0.4) is 0 Å². The normalized spacial score (nSPS) is 17.6. The summed E-state index contributed by atoms with van der Waals surface area (Å²) in [5.41, 5.74) is 1.74. The van der Waals surface area contributed by atoms with Gasteiger partial charge in [-0.25, -0.2) is 0 Å². The van der Waals surface area contributed by atoms with Gasteiger partial charge in [0.1, 0.15) is 0 Å². The molecule has 4 heteroatoms. The molecule has 0 aromatic heterocycles. The molecule has 16 heavy (non-hydrogen) atoms. The van der Waals surface area contributed by atoms with E-state index in [0.717, 1.165) is 30.1 Å². The molecule has 0 N–H and O–H groups in total. The number of rotatable bonds is 1. The number of hydrogen-bond acceptors (Lipinski definition) is 4. The van der Waals surface area contributed by atoms with Gasteiger partial charge in [-0.05, 0) is 13.0 Å². The summed E-state index contributed by atoms with van der Waals surface area (Å²) < 4.78 is 10.6. The van der Waals surface area contributed by atoms with Crippen LogP contribution in [0.15, 0.2) is 12.1 Å². The first-order chi connectivity index (χ1) is 7.79. The quantitative estimate of drug-likeness (QED) is 0.722. The molecule has 0 bridgehead atoms. The van der Waals surface area contributed by atoms with Crippen molar-refractivity contribution in [3.05, 3.63) is 17.7 Å². The van der Waals surface area contributed by atoms with Crippen molar-refractivity contribution >= 4 is 11.5 Å². The van der Waals surface area contributed by atoms with Crippen LogP contribution in [0.5, 0.6) is 11.5 Å². The van der Waals surface area contributed by atoms with Crippen molar-refractivity contribution < 1.29 is 14.3 Å². The van der Waals surface area contributed by atoms with Crippen LogP contribution in [-0.4, -0.2) is 25.7 Å². The Morgan fingerprint density at radius 2 is 2.06 bits per heavy atom. The van der Waals surface area contributed by atoms with Gasteiger partial charge < -0.3 is 14.4 Å². The Morgan fingerprint density at radius 1 is 1.31 bits per heavy atom. The average molecular weight is 219 g/mol. The Labute approximate surface area is 93.8 Å². The van der Waals surface area contributed by atoms with Gasteiger partial charge in [-0.2, -0.15) is 0 Å². The standard InChI is InChI=1S/C12H13NO3/c1-2-13-4-3-10(14)8-5-11-12(6-9(8)13)16-7-15-11/h5-6H,2-4,7H2,1H3. The fourth-order valence-corrected chi connectivity index (χ4v) is 2.24. The van der Waals surface area contributed by atoms with Crippen LogP contribution in [0.4, 0.5) is 5.69 Å². The highest BCUT2D eigenvalue weighted by Crippen LogP contribution is 2.40. The van der Waals surface area contributed by atoms with E-state index in [1.165, 1.54) is 0 Å². The van der Waals surface area contributed by atoms with Crippen LogP contribution < -0.4 is 14.4 Å². The number of Topliss-reactive ketones (excluding diaryl/α,β-unsaturated/α-hetero) is 1. The molecule has 2 aliphatic heterocycles. The molecule has 4 nitrogen and oxygen atoms in total. The van der Waals surface area contributed by atoms with E-state index in [1.807, 2.05) is 12.1 Å². The highest BCUT2D eigenvalue weighted by molar-refractivity contribution is 6.04. The Balaban J connectivity index is 2.15. The van der Waals surface area contributed by atoms with Gasteiger partial charge in [0, 0.05) is 31.1 Å². The number of ether oxygens (including phenoxy) is 2. The Morgan fingerprint density at radius 3 is 2.81 bits per heavy atom. The summed E-state index contributed by atoms with van der Waals surface area (Å²) >= 11 is 0. The predicted octanol–water partition coefficient (Wildman–Crippen LogP) is 1.83. The summed E-state index contributed by atoms with van der Waals surface area (Å²) in [5.74, 6) is 1.62. The van der Waals surface area contributed by atoms with Gasteiger partial charge in [-0.15, -0.1) is 0 Å². The monoisotopic (exact) mass is 219 g/mol. The SMILES string of the molecule is CCN1CCC(=O)c2cc3c(cc21)OCO3. The molecular formula is C12H13NO3. The lowest BCUT2D eigenvalue weighted by atomic mass is 9.99. The van der Waals surface area contributed by atoms with E-state index in [2.05, 4.69) is 11.8 Å². The second kappa shape index (κ2) is 3.40. The summed E-state index contributed by atoms with van der Waals surface area (Å²) in [4.78, 5) is 14.0. The van der Waals surface area contributed by atoms with Gasteiger partial charge in [0.05, 0.1) is 5.69 Å². The molecule has 84 valence electrons. The van der Waals surface area contributed by atoms with E-state index < -0.39 is 0 Å². The van der Waals surface area contributed by atoms with Gasteiger partial charge in [-0.1, -0.05) is 0 Å². The third-order valence-corrected chi connectivity index (χ3v) is 3.12. The van der Waals surface area contributed by atoms with Crippen molar-refractivity contribution in [2.75, 3.05) is 24.8 Å². The van der Waals surface area contributed by atoms with Crippen molar-refractivity contribution in [1.82, 2.24) is 0 Å². The van der Waals surface area contributed by atoms with Gasteiger partial charge >= 0.3 is 0 Å². The highest BCUT2D eigenvalue weighted by atomic mass is 16.7. The zero-order valence-electron chi connectivity index (χ0n) is 9.16. The van der Waals surface area contributed by atoms with E-state index in [1.54, 1.807) is 0 Å². The number of nitrogens with zero attached hydrogens (tertiary/aromatic N) is 1. The fourth-order valence-electron chi connectivity index (χ4n) is 2.24. The van der Waals surface area contributed by atoms with Gasteiger partial charge in [0.15, 0.2) is 17.3 Å². The molecule has 0 amide bonds. The van der Waals surface area contributed by atoms with Crippen molar-refractivity contribution in [3.8, 4) is 11.5 Å². The Bertz CT molecular complexity index is 456.